The molecule has 0 bridgehead atoms. The number of hydrogen-bond donors (Lipinski definition) is 3. The van der Waals surface area contributed by atoms with E-state index in [9.17, 15) is 9.90 Å². The summed E-state index contributed by atoms with van der Waals surface area (Å²) < 4.78 is 5.04. The number of ether oxygens (including phenoxy) is 1. The van der Waals surface area contributed by atoms with E-state index in [1.807, 2.05) is 30.3 Å². The fourth-order valence-electron chi connectivity index (χ4n) is 2.21. The van der Waals surface area contributed by atoms with E-state index in [4.69, 9.17) is 4.74 Å². The maximum atomic E-state index is 11.8. The highest BCUT2D eigenvalue weighted by molar-refractivity contribution is 5.81. The molecule has 0 saturated carbocycles. The Hall–Kier alpha value is -3.61. The molecule has 0 amide bonds. The van der Waals surface area contributed by atoms with Crippen molar-refractivity contribution in [2.75, 3.05) is 12.5 Å². The number of hydrazone groups is 1. The molecule has 0 spiro atoms. The summed E-state index contributed by atoms with van der Waals surface area (Å²) in [5.41, 5.74) is 4.51. The van der Waals surface area contributed by atoms with Crippen LogP contribution in [-0.4, -0.2) is 28.4 Å². The summed E-state index contributed by atoms with van der Waals surface area (Å²) in [6.45, 7) is 0. The van der Waals surface area contributed by atoms with Gasteiger partial charge in [-0.3, -0.25) is 9.78 Å². The normalized spacial score (nSPS) is 10.8. The monoisotopic (exact) mass is 336 g/mol. The zero-order chi connectivity index (χ0) is 17.6. The van der Waals surface area contributed by atoms with Crippen LogP contribution in [0.15, 0.2) is 64.5 Å². The number of nitrogens with zero attached hydrogens (tertiary/aromatic N) is 2. The highest BCUT2D eigenvalue weighted by Crippen LogP contribution is 2.25. The summed E-state index contributed by atoms with van der Waals surface area (Å²) in [6, 6.07) is 15.6. The van der Waals surface area contributed by atoms with Gasteiger partial charge in [-0.1, -0.05) is 30.3 Å². The maximum absolute atomic E-state index is 11.8. The Balaban J connectivity index is 1.79. The van der Waals surface area contributed by atoms with Gasteiger partial charge in [-0.25, -0.2) is 10.4 Å². The minimum absolute atomic E-state index is 0.0502. The quantitative estimate of drug-likeness (QED) is 0.491. The van der Waals surface area contributed by atoms with Crippen LogP contribution in [0.25, 0.3) is 11.3 Å². The number of phenols is 1. The number of aromatic nitrogens is 2. The van der Waals surface area contributed by atoms with Gasteiger partial charge in [-0.2, -0.15) is 5.10 Å². The summed E-state index contributed by atoms with van der Waals surface area (Å²) in [7, 11) is 1.47. The first kappa shape index (κ1) is 16.3. The Kier molecular flexibility index (Phi) is 4.75. The molecule has 0 radical (unpaired) electrons. The van der Waals surface area contributed by atoms with E-state index in [1.54, 1.807) is 12.1 Å². The van der Waals surface area contributed by atoms with Crippen molar-refractivity contribution in [1.82, 2.24) is 9.97 Å². The number of nitrogens with one attached hydrogen (secondary N) is 2. The molecular weight excluding hydrogens is 320 g/mol. The highest BCUT2D eigenvalue weighted by Gasteiger charge is 2.03. The smallest absolute Gasteiger partial charge is 0.252 e. The lowest BCUT2D eigenvalue weighted by Gasteiger charge is -2.04. The molecule has 1 heterocycles. The Labute approximate surface area is 143 Å². The molecule has 3 rings (SSSR count). The van der Waals surface area contributed by atoms with Crippen LogP contribution in [0.4, 0.5) is 5.95 Å². The molecule has 7 heteroatoms. The van der Waals surface area contributed by atoms with Gasteiger partial charge in [0.2, 0.25) is 5.95 Å². The summed E-state index contributed by atoms with van der Waals surface area (Å²) in [5, 5.41) is 13.6. The molecule has 3 N–H and O–H groups in total. The Bertz CT molecular complexity index is 952. The van der Waals surface area contributed by atoms with Crippen LogP contribution in [0, 0.1) is 0 Å². The third kappa shape index (κ3) is 4.03. The summed E-state index contributed by atoms with van der Waals surface area (Å²) in [5.74, 6) is 0.629. The average molecular weight is 336 g/mol. The summed E-state index contributed by atoms with van der Waals surface area (Å²) in [6.07, 6.45) is 1.52. The van der Waals surface area contributed by atoms with E-state index in [2.05, 4.69) is 20.5 Å². The number of rotatable bonds is 5. The van der Waals surface area contributed by atoms with Crippen LogP contribution in [0.2, 0.25) is 0 Å². The van der Waals surface area contributed by atoms with Crippen molar-refractivity contribution in [2.24, 2.45) is 5.10 Å². The van der Waals surface area contributed by atoms with Gasteiger partial charge in [-0.15, -0.1) is 0 Å². The third-order valence-corrected chi connectivity index (χ3v) is 3.40. The van der Waals surface area contributed by atoms with Crippen molar-refractivity contribution < 1.29 is 9.84 Å². The van der Waals surface area contributed by atoms with Crippen molar-refractivity contribution in [1.29, 1.82) is 0 Å². The molecule has 1 aromatic heterocycles. The molecule has 0 aliphatic carbocycles. The number of hydrogen-bond acceptors (Lipinski definition) is 6. The average Bonchev–Trinajstić information content (AvgIpc) is 2.63. The Morgan fingerprint density at radius 3 is 2.76 bits per heavy atom. The SMILES string of the molecule is COc1cc(/C=N\Nc2nc(-c3ccccc3)cc(=O)[nH]2)ccc1O. The number of aromatic hydroxyl groups is 1. The first-order valence-electron chi connectivity index (χ1n) is 7.48. The van der Waals surface area contributed by atoms with E-state index in [1.165, 1.54) is 25.5 Å². The lowest BCUT2D eigenvalue weighted by molar-refractivity contribution is 0.373. The lowest BCUT2D eigenvalue weighted by atomic mass is 10.1. The number of phenolic OH excluding ortho intramolecular Hbond substituents is 1. The van der Waals surface area contributed by atoms with Gasteiger partial charge in [0.25, 0.3) is 5.56 Å². The first-order chi connectivity index (χ1) is 12.2. The molecule has 0 saturated heterocycles. The minimum Gasteiger partial charge on any atom is -0.504 e. The standard InChI is InChI=1S/C18H16N4O3/c1-25-16-9-12(7-8-15(16)23)11-19-22-18-20-14(10-17(24)21-18)13-5-3-2-4-6-13/h2-11,23H,1H3,(H2,20,21,22,24)/b19-11-. The predicted octanol–water partition coefficient (Wildman–Crippen LogP) is 2.60. The molecule has 7 nitrogen and oxygen atoms in total. The fourth-order valence-corrected chi connectivity index (χ4v) is 2.21. The molecule has 0 aliphatic rings. The highest BCUT2D eigenvalue weighted by atomic mass is 16.5. The molecule has 0 fully saturated rings. The minimum atomic E-state index is -0.280. The zero-order valence-electron chi connectivity index (χ0n) is 13.4. The van der Waals surface area contributed by atoms with Crippen LogP contribution in [0.3, 0.4) is 0 Å². The number of H-pyrrole nitrogens is 1. The van der Waals surface area contributed by atoms with Gasteiger partial charge < -0.3 is 9.84 Å². The van der Waals surface area contributed by atoms with Crippen LogP contribution in [-0.2, 0) is 0 Å². The van der Waals surface area contributed by atoms with Crippen LogP contribution in [0.5, 0.6) is 11.5 Å². The van der Waals surface area contributed by atoms with Crippen LogP contribution in [0.1, 0.15) is 5.56 Å². The van der Waals surface area contributed by atoms with Gasteiger partial charge in [-0.05, 0) is 23.8 Å². The first-order valence-corrected chi connectivity index (χ1v) is 7.48. The summed E-state index contributed by atoms with van der Waals surface area (Å²) in [4.78, 5) is 18.7. The largest absolute Gasteiger partial charge is 0.504 e. The van der Waals surface area contributed by atoms with Crippen LogP contribution < -0.4 is 15.7 Å². The van der Waals surface area contributed by atoms with Crippen molar-refractivity contribution in [3.63, 3.8) is 0 Å². The van der Waals surface area contributed by atoms with Gasteiger partial charge in [0.05, 0.1) is 19.0 Å². The zero-order valence-corrected chi connectivity index (χ0v) is 13.4. The van der Waals surface area contributed by atoms with Gasteiger partial charge in [0, 0.05) is 11.6 Å². The van der Waals surface area contributed by atoms with Gasteiger partial charge >= 0.3 is 0 Å². The third-order valence-electron chi connectivity index (χ3n) is 3.40. The van der Waals surface area contributed by atoms with Crippen molar-refractivity contribution in [3.05, 3.63) is 70.5 Å². The number of aromatic amines is 1. The molecule has 0 atom stereocenters. The van der Waals surface area contributed by atoms with Gasteiger partial charge in [0.1, 0.15) is 0 Å². The van der Waals surface area contributed by atoms with E-state index >= 15 is 0 Å². The van der Waals surface area contributed by atoms with Crippen molar-refractivity contribution >= 4 is 12.2 Å². The predicted molar refractivity (Wildman–Crippen MR) is 96.2 cm³/mol. The molecule has 0 aliphatic heterocycles. The number of benzene rings is 2. The van der Waals surface area contributed by atoms with E-state index in [0.717, 1.165) is 5.56 Å². The second kappa shape index (κ2) is 7.31. The van der Waals surface area contributed by atoms with Crippen LogP contribution >= 0.6 is 0 Å². The lowest BCUT2D eigenvalue weighted by Crippen LogP contribution is -2.10. The number of anilines is 1. The molecule has 2 aromatic carbocycles. The van der Waals surface area contributed by atoms with Gasteiger partial charge in [0.15, 0.2) is 11.5 Å². The molecule has 3 aromatic rings. The molecule has 0 unspecified atom stereocenters. The Morgan fingerprint density at radius 1 is 1.20 bits per heavy atom. The van der Waals surface area contributed by atoms with E-state index in [0.29, 0.717) is 17.0 Å². The molecule has 126 valence electrons. The fraction of sp³-hybridized carbons (Fsp3) is 0.0556. The van der Waals surface area contributed by atoms with Crippen molar-refractivity contribution in [3.8, 4) is 22.8 Å². The Morgan fingerprint density at radius 2 is 2.00 bits per heavy atom. The topological polar surface area (TPSA) is 99.6 Å². The second-order valence-electron chi connectivity index (χ2n) is 5.15. The maximum Gasteiger partial charge on any atom is 0.252 e. The summed E-state index contributed by atoms with van der Waals surface area (Å²) >= 11 is 0. The number of methoxy groups -OCH3 is 1. The molecule has 25 heavy (non-hydrogen) atoms. The van der Waals surface area contributed by atoms with E-state index in [-0.39, 0.29) is 17.3 Å². The van der Waals surface area contributed by atoms with Crippen molar-refractivity contribution in [2.45, 2.75) is 0 Å². The molecular formula is C18H16N4O3. The second-order valence-corrected chi connectivity index (χ2v) is 5.15. The van der Waals surface area contributed by atoms with E-state index < -0.39 is 0 Å².